The van der Waals surface area contributed by atoms with Gasteiger partial charge in [0.25, 0.3) is 0 Å². The molecule has 6 heavy (non-hydrogen) atoms. The van der Waals surface area contributed by atoms with E-state index in [-0.39, 0.29) is 16.5 Å². The zero-order chi connectivity index (χ0) is 4.12. The van der Waals surface area contributed by atoms with Gasteiger partial charge in [0.1, 0.15) is 0 Å². The molecular formula is C3H10N2Ni. The Morgan fingerprint density at radius 3 is 2.17 bits per heavy atom. The van der Waals surface area contributed by atoms with Gasteiger partial charge in [-0.2, -0.15) is 0 Å². The summed E-state index contributed by atoms with van der Waals surface area (Å²) < 4.78 is 0. The summed E-state index contributed by atoms with van der Waals surface area (Å²) in [5, 5.41) is 2.89. The van der Waals surface area contributed by atoms with E-state index in [1.807, 2.05) is 7.05 Å². The van der Waals surface area contributed by atoms with Crippen LogP contribution in [0.2, 0.25) is 0 Å². The van der Waals surface area contributed by atoms with Gasteiger partial charge < -0.3 is 11.1 Å². The summed E-state index contributed by atoms with van der Waals surface area (Å²) >= 11 is 0. The molecule has 0 aromatic heterocycles. The molecule has 0 aromatic rings. The van der Waals surface area contributed by atoms with E-state index in [9.17, 15) is 0 Å². The van der Waals surface area contributed by atoms with Crippen molar-refractivity contribution in [2.75, 3.05) is 20.1 Å². The average molecular weight is 133 g/mol. The predicted octanol–water partition coefficient (Wildman–Crippen LogP) is -0.838. The SMILES string of the molecule is CNCCN.[Ni]. The van der Waals surface area contributed by atoms with Crippen LogP contribution in [-0.2, 0) is 16.5 Å². The third-order valence-electron chi connectivity index (χ3n) is 0.394. The van der Waals surface area contributed by atoms with Crippen LogP contribution in [0, 0.1) is 0 Å². The van der Waals surface area contributed by atoms with Gasteiger partial charge in [0.05, 0.1) is 0 Å². The zero-order valence-corrected chi connectivity index (χ0v) is 4.80. The Hall–Kier alpha value is 0.414. The summed E-state index contributed by atoms with van der Waals surface area (Å²) in [6.07, 6.45) is 0. The molecule has 0 aliphatic heterocycles. The number of likely N-dealkylation sites (N-methyl/N-ethyl adjacent to an activating group) is 1. The monoisotopic (exact) mass is 132 g/mol. The Bertz CT molecular complexity index is 16.3. The summed E-state index contributed by atoms with van der Waals surface area (Å²) in [6, 6.07) is 0. The molecule has 0 aromatic carbocycles. The first kappa shape index (κ1) is 9.65. The van der Waals surface area contributed by atoms with Gasteiger partial charge in [-0.3, -0.25) is 0 Å². The van der Waals surface area contributed by atoms with Crippen LogP contribution in [0.5, 0.6) is 0 Å². The van der Waals surface area contributed by atoms with Crippen molar-refractivity contribution in [3.8, 4) is 0 Å². The molecule has 0 unspecified atom stereocenters. The maximum absolute atomic E-state index is 5.08. The predicted molar refractivity (Wildman–Crippen MR) is 23.0 cm³/mol. The van der Waals surface area contributed by atoms with Gasteiger partial charge in [-0.15, -0.1) is 0 Å². The molecule has 3 heteroatoms. The van der Waals surface area contributed by atoms with Gasteiger partial charge >= 0.3 is 0 Å². The van der Waals surface area contributed by atoms with E-state index < -0.39 is 0 Å². The average Bonchev–Trinajstić information content (AvgIpc) is 1.41. The molecule has 0 aliphatic carbocycles. The summed E-state index contributed by atoms with van der Waals surface area (Å²) in [5.41, 5.74) is 5.08. The minimum Gasteiger partial charge on any atom is -0.329 e. The summed E-state index contributed by atoms with van der Waals surface area (Å²) in [4.78, 5) is 0. The molecule has 0 heterocycles. The van der Waals surface area contributed by atoms with Crippen LogP contribution in [0.3, 0.4) is 0 Å². The second-order valence-corrected chi connectivity index (χ2v) is 0.892. The van der Waals surface area contributed by atoms with Crippen LogP contribution in [0.1, 0.15) is 0 Å². The topological polar surface area (TPSA) is 38.0 Å². The minimum absolute atomic E-state index is 0. The fourth-order valence-corrected chi connectivity index (χ4v) is 0.144. The summed E-state index contributed by atoms with van der Waals surface area (Å²) in [6.45, 7) is 1.65. The quantitative estimate of drug-likeness (QED) is 0.482. The molecule has 42 valence electrons. The van der Waals surface area contributed by atoms with Crippen molar-refractivity contribution in [1.82, 2.24) is 5.32 Å². The van der Waals surface area contributed by atoms with Gasteiger partial charge in [0.15, 0.2) is 0 Å². The van der Waals surface area contributed by atoms with Crippen molar-refractivity contribution in [3.63, 3.8) is 0 Å². The van der Waals surface area contributed by atoms with Crippen molar-refractivity contribution in [1.29, 1.82) is 0 Å². The molecule has 0 saturated carbocycles. The van der Waals surface area contributed by atoms with Crippen molar-refractivity contribution in [2.24, 2.45) is 5.73 Å². The fourth-order valence-electron chi connectivity index (χ4n) is 0.144. The molecule has 0 fully saturated rings. The van der Waals surface area contributed by atoms with Crippen LogP contribution in [-0.4, -0.2) is 20.1 Å². The Kier molecular flexibility index (Phi) is 14.6. The van der Waals surface area contributed by atoms with Crippen LogP contribution in [0.4, 0.5) is 0 Å². The number of hydrogen-bond acceptors (Lipinski definition) is 2. The molecule has 0 saturated heterocycles. The Morgan fingerprint density at radius 1 is 1.67 bits per heavy atom. The second-order valence-electron chi connectivity index (χ2n) is 0.892. The van der Waals surface area contributed by atoms with Crippen molar-refractivity contribution < 1.29 is 16.5 Å². The van der Waals surface area contributed by atoms with E-state index in [0.717, 1.165) is 13.1 Å². The summed E-state index contributed by atoms with van der Waals surface area (Å²) in [7, 11) is 1.88. The molecule has 0 spiro atoms. The number of rotatable bonds is 2. The van der Waals surface area contributed by atoms with Crippen LogP contribution >= 0.6 is 0 Å². The van der Waals surface area contributed by atoms with Crippen LogP contribution in [0.25, 0.3) is 0 Å². The van der Waals surface area contributed by atoms with E-state index in [1.54, 1.807) is 0 Å². The number of nitrogens with two attached hydrogens (primary N) is 1. The van der Waals surface area contributed by atoms with Gasteiger partial charge in [-0.1, -0.05) is 0 Å². The molecule has 0 bridgehead atoms. The number of hydrogen-bond donors (Lipinski definition) is 2. The molecule has 2 nitrogen and oxygen atoms in total. The van der Waals surface area contributed by atoms with E-state index in [4.69, 9.17) is 5.73 Å². The van der Waals surface area contributed by atoms with Crippen LogP contribution in [0.15, 0.2) is 0 Å². The first-order valence-corrected chi connectivity index (χ1v) is 1.76. The third-order valence-corrected chi connectivity index (χ3v) is 0.394. The first-order chi connectivity index (χ1) is 2.41. The zero-order valence-electron chi connectivity index (χ0n) is 3.81. The Morgan fingerprint density at radius 2 is 2.17 bits per heavy atom. The maximum atomic E-state index is 5.08. The van der Waals surface area contributed by atoms with E-state index >= 15 is 0 Å². The Labute approximate surface area is 48.4 Å². The van der Waals surface area contributed by atoms with Gasteiger partial charge in [0.2, 0.25) is 0 Å². The molecule has 0 radical (unpaired) electrons. The normalized spacial score (nSPS) is 7.00. The molecule has 0 rings (SSSR count). The van der Waals surface area contributed by atoms with Crippen molar-refractivity contribution in [3.05, 3.63) is 0 Å². The smallest absolute Gasteiger partial charge is 0.00714 e. The molecule has 0 amide bonds. The standard InChI is InChI=1S/C3H10N2.Ni/c1-5-3-2-4;/h5H,2-4H2,1H3;. The summed E-state index contributed by atoms with van der Waals surface area (Å²) in [5.74, 6) is 0. The maximum Gasteiger partial charge on any atom is 0.00714 e. The fraction of sp³-hybridized carbons (Fsp3) is 1.00. The van der Waals surface area contributed by atoms with E-state index in [0.29, 0.717) is 0 Å². The molecular weight excluding hydrogens is 123 g/mol. The Balaban J connectivity index is 0. The van der Waals surface area contributed by atoms with E-state index in [1.165, 1.54) is 0 Å². The van der Waals surface area contributed by atoms with Gasteiger partial charge in [-0.05, 0) is 7.05 Å². The first-order valence-electron chi connectivity index (χ1n) is 1.76. The number of nitrogens with one attached hydrogen (secondary N) is 1. The van der Waals surface area contributed by atoms with Gasteiger partial charge in [0, 0.05) is 29.6 Å². The van der Waals surface area contributed by atoms with Crippen molar-refractivity contribution in [2.45, 2.75) is 0 Å². The molecule has 0 atom stereocenters. The van der Waals surface area contributed by atoms with E-state index in [2.05, 4.69) is 5.32 Å². The second kappa shape index (κ2) is 9.05. The molecule has 0 aliphatic rings. The van der Waals surface area contributed by atoms with Gasteiger partial charge in [-0.25, -0.2) is 0 Å². The van der Waals surface area contributed by atoms with Crippen LogP contribution < -0.4 is 11.1 Å². The largest absolute Gasteiger partial charge is 0.329 e. The molecule has 3 N–H and O–H groups in total. The third kappa shape index (κ3) is 8.83. The van der Waals surface area contributed by atoms with Crippen molar-refractivity contribution >= 4 is 0 Å². The minimum atomic E-state index is 0.